The van der Waals surface area contributed by atoms with E-state index in [0.717, 1.165) is 23.3 Å². The molecular formula is C20H17F3N4OS. The monoisotopic (exact) mass is 418 g/mol. The molecule has 1 heterocycles. The van der Waals surface area contributed by atoms with E-state index in [1.54, 1.807) is 11.6 Å². The summed E-state index contributed by atoms with van der Waals surface area (Å²) in [5, 5.41) is 8.79. The molecule has 3 rings (SSSR count). The number of aryl methyl sites for hydroxylation is 1. The molecule has 0 atom stereocenters. The highest BCUT2D eigenvalue weighted by molar-refractivity contribution is 7.13. The Morgan fingerprint density at radius 1 is 1.21 bits per heavy atom. The van der Waals surface area contributed by atoms with E-state index in [1.165, 1.54) is 23.5 Å². The zero-order valence-electron chi connectivity index (χ0n) is 15.3. The standard InChI is InChI=1S/C20H17F3N4OS/c1-13-5-7-14(8-6-13)11-24-27-18(28)10-17-12-29-19(26-17)25-16-4-2-3-15(9-16)20(21,22)23/h2-9,11-12H,10H2,1H3,(H,25,26)(H,27,28). The molecule has 0 aliphatic heterocycles. The molecule has 0 radical (unpaired) electrons. The number of hydrogen-bond donors (Lipinski definition) is 2. The minimum absolute atomic E-state index is 0.00596. The van der Waals surface area contributed by atoms with Gasteiger partial charge in [-0.15, -0.1) is 11.3 Å². The third-order valence-corrected chi connectivity index (χ3v) is 4.62. The van der Waals surface area contributed by atoms with Crippen LogP contribution in [0.15, 0.2) is 59.0 Å². The van der Waals surface area contributed by atoms with Crippen LogP contribution in [0.5, 0.6) is 0 Å². The van der Waals surface area contributed by atoms with Crippen LogP contribution in [0.1, 0.15) is 22.4 Å². The first-order valence-electron chi connectivity index (χ1n) is 8.57. The Morgan fingerprint density at radius 2 is 1.97 bits per heavy atom. The molecule has 0 aliphatic carbocycles. The molecule has 0 unspecified atom stereocenters. The summed E-state index contributed by atoms with van der Waals surface area (Å²) >= 11 is 1.20. The lowest BCUT2D eigenvalue weighted by atomic mass is 10.2. The van der Waals surface area contributed by atoms with Crippen molar-refractivity contribution in [2.45, 2.75) is 19.5 Å². The second-order valence-corrected chi connectivity index (χ2v) is 7.09. The van der Waals surface area contributed by atoms with Crippen molar-refractivity contribution < 1.29 is 18.0 Å². The maximum absolute atomic E-state index is 12.8. The number of hydrogen-bond acceptors (Lipinski definition) is 5. The average Bonchev–Trinajstić information content (AvgIpc) is 3.09. The average molecular weight is 418 g/mol. The molecule has 0 saturated heterocycles. The number of thiazole rings is 1. The number of carbonyl (C=O) groups excluding carboxylic acids is 1. The zero-order valence-corrected chi connectivity index (χ0v) is 16.1. The van der Waals surface area contributed by atoms with Gasteiger partial charge in [0, 0.05) is 11.1 Å². The van der Waals surface area contributed by atoms with Gasteiger partial charge in [0.25, 0.3) is 0 Å². The van der Waals surface area contributed by atoms with E-state index < -0.39 is 11.7 Å². The van der Waals surface area contributed by atoms with Gasteiger partial charge in [0.15, 0.2) is 5.13 Å². The Morgan fingerprint density at radius 3 is 2.69 bits per heavy atom. The minimum Gasteiger partial charge on any atom is -0.332 e. The van der Waals surface area contributed by atoms with Gasteiger partial charge in [-0.05, 0) is 30.7 Å². The predicted octanol–water partition coefficient (Wildman–Crippen LogP) is 4.91. The number of anilines is 2. The molecule has 0 fully saturated rings. The number of benzene rings is 2. The second kappa shape index (κ2) is 8.87. The summed E-state index contributed by atoms with van der Waals surface area (Å²) in [6.07, 6.45) is -2.87. The van der Waals surface area contributed by atoms with E-state index in [2.05, 4.69) is 20.8 Å². The van der Waals surface area contributed by atoms with Crippen LogP contribution in [0.4, 0.5) is 24.0 Å². The third-order valence-electron chi connectivity index (χ3n) is 3.81. The molecule has 150 valence electrons. The molecule has 5 nitrogen and oxygen atoms in total. The van der Waals surface area contributed by atoms with E-state index in [-0.39, 0.29) is 18.0 Å². The Labute approximate surface area is 169 Å². The molecule has 1 amide bonds. The zero-order chi connectivity index (χ0) is 20.9. The SMILES string of the molecule is Cc1ccc(C=NNC(=O)Cc2csc(Nc3cccc(C(F)(F)F)c3)n2)cc1. The molecular weight excluding hydrogens is 401 g/mol. The highest BCUT2D eigenvalue weighted by Crippen LogP contribution is 2.31. The van der Waals surface area contributed by atoms with Crippen LogP contribution in [0, 0.1) is 6.92 Å². The lowest BCUT2D eigenvalue weighted by molar-refractivity contribution is -0.137. The van der Waals surface area contributed by atoms with Crippen LogP contribution >= 0.6 is 11.3 Å². The number of alkyl halides is 3. The van der Waals surface area contributed by atoms with Gasteiger partial charge in [-0.1, -0.05) is 35.9 Å². The first-order valence-corrected chi connectivity index (χ1v) is 9.45. The molecule has 0 aliphatic rings. The molecule has 0 spiro atoms. The number of aromatic nitrogens is 1. The lowest BCUT2D eigenvalue weighted by Gasteiger charge is -2.08. The Kier molecular flexibility index (Phi) is 6.28. The maximum Gasteiger partial charge on any atom is 0.416 e. The van der Waals surface area contributed by atoms with Crippen LogP contribution in [0.2, 0.25) is 0 Å². The largest absolute Gasteiger partial charge is 0.416 e. The van der Waals surface area contributed by atoms with Gasteiger partial charge >= 0.3 is 6.18 Å². The third kappa shape index (κ3) is 6.15. The molecule has 0 bridgehead atoms. The van der Waals surface area contributed by atoms with Crippen molar-refractivity contribution in [3.05, 3.63) is 76.3 Å². The summed E-state index contributed by atoms with van der Waals surface area (Å²) in [7, 11) is 0. The van der Waals surface area contributed by atoms with Crippen LogP contribution in [-0.4, -0.2) is 17.1 Å². The number of carbonyl (C=O) groups is 1. The fourth-order valence-electron chi connectivity index (χ4n) is 2.38. The molecule has 2 aromatic carbocycles. The van der Waals surface area contributed by atoms with Gasteiger partial charge in [-0.3, -0.25) is 4.79 Å². The molecule has 0 saturated carbocycles. The summed E-state index contributed by atoms with van der Waals surface area (Å²) in [4.78, 5) is 16.2. The van der Waals surface area contributed by atoms with Gasteiger partial charge in [-0.25, -0.2) is 10.4 Å². The van der Waals surface area contributed by atoms with Crippen molar-refractivity contribution in [2.75, 3.05) is 5.32 Å². The van der Waals surface area contributed by atoms with Crippen molar-refractivity contribution in [2.24, 2.45) is 5.10 Å². The smallest absolute Gasteiger partial charge is 0.332 e. The van der Waals surface area contributed by atoms with Crippen LogP contribution in [0.3, 0.4) is 0 Å². The van der Waals surface area contributed by atoms with Crippen molar-refractivity contribution in [3.8, 4) is 0 Å². The number of hydrazone groups is 1. The predicted molar refractivity (Wildman–Crippen MR) is 107 cm³/mol. The van der Waals surface area contributed by atoms with E-state index in [0.29, 0.717) is 10.8 Å². The van der Waals surface area contributed by atoms with Crippen molar-refractivity contribution >= 4 is 34.3 Å². The summed E-state index contributed by atoms with van der Waals surface area (Å²) < 4.78 is 38.4. The number of nitrogens with zero attached hydrogens (tertiary/aromatic N) is 2. The normalized spacial score (nSPS) is 11.6. The summed E-state index contributed by atoms with van der Waals surface area (Å²) in [5.41, 5.74) is 4.43. The highest BCUT2D eigenvalue weighted by atomic mass is 32.1. The van der Waals surface area contributed by atoms with Gasteiger partial charge < -0.3 is 5.32 Å². The molecule has 29 heavy (non-hydrogen) atoms. The first-order chi connectivity index (χ1) is 13.8. The maximum atomic E-state index is 12.8. The number of halogens is 3. The Hall–Kier alpha value is -3.20. The molecule has 9 heteroatoms. The number of nitrogens with one attached hydrogen (secondary N) is 2. The highest BCUT2D eigenvalue weighted by Gasteiger charge is 2.30. The Balaban J connectivity index is 1.54. The molecule has 1 aromatic heterocycles. The topological polar surface area (TPSA) is 66.4 Å². The van der Waals surface area contributed by atoms with Gasteiger partial charge in [0.05, 0.1) is 23.9 Å². The fraction of sp³-hybridized carbons (Fsp3) is 0.150. The fourth-order valence-corrected chi connectivity index (χ4v) is 3.11. The summed E-state index contributed by atoms with van der Waals surface area (Å²) in [6, 6.07) is 12.5. The van der Waals surface area contributed by atoms with E-state index in [1.807, 2.05) is 31.2 Å². The van der Waals surface area contributed by atoms with Crippen LogP contribution in [-0.2, 0) is 17.4 Å². The summed E-state index contributed by atoms with van der Waals surface area (Å²) in [5.74, 6) is -0.343. The van der Waals surface area contributed by atoms with Crippen LogP contribution < -0.4 is 10.7 Å². The quantitative estimate of drug-likeness (QED) is 0.442. The molecule has 3 aromatic rings. The Bertz CT molecular complexity index is 1010. The van der Waals surface area contributed by atoms with E-state index in [9.17, 15) is 18.0 Å². The minimum atomic E-state index is -4.41. The van der Waals surface area contributed by atoms with E-state index >= 15 is 0 Å². The second-order valence-electron chi connectivity index (χ2n) is 6.23. The van der Waals surface area contributed by atoms with Gasteiger partial charge in [0.2, 0.25) is 5.91 Å². The van der Waals surface area contributed by atoms with Crippen LogP contribution in [0.25, 0.3) is 0 Å². The van der Waals surface area contributed by atoms with E-state index in [4.69, 9.17) is 0 Å². The van der Waals surface area contributed by atoms with Crippen molar-refractivity contribution in [1.29, 1.82) is 0 Å². The lowest BCUT2D eigenvalue weighted by Crippen LogP contribution is -2.19. The summed E-state index contributed by atoms with van der Waals surface area (Å²) in [6.45, 7) is 1.98. The van der Waals surface area contributed by atoms with Crippen molar-refractivity contribution in [1.82, 2.24) is 10.4 Å². The first kappa shape index (κ1) is 20.5. The molecule has 2 N–H and O–H groups in total. The van der Waals surface area contributed by atoms with Gasteiger partial charge in [0.1, 0.15) is 0 Å². The number of amides is 1. The number of rotatable bonds is 6. The van der Waals surface area contributed by atoms with Crippen molar-refractivity contribution in [3.63, 3.8) is 0 Å². The van der Waals surface area contributed by atoms with Gasteiger partial charge in [-0.2, -0.15) is 18.3 Å².